The van der Waals surface area contributed by atoms with E-state index in [9.17, 15) is 18.3 Å². The zero-order chi connectivity index (χ0) is 15.6. The summed E-state index contributed by atoms with van der Waals surface area (Å²) in [5.74, 6) is 0. The van der Waals surface area contributed by atoms with E-state index in [0.29, 0.717) is 6.54 Å². The first-order chi connectivity index (χ1) is 8.93. The van der Waals surface area contributed by atoms with Crippen molar-refractivity contribution in [3.8, 4) is 0 Å². The molecule has 1 aromatic rings. The molecule has 0 radical (unpaired) electrons. The van der Waals surface area contributed by atoms with Gasteiger partial charge in [0.25, 0.3) is 0 Å². The van der Waals surface area contributed by atoms with E-state index in [1.165, 1.54) is 6.92 Å². The summed E-state index contributed by atoms with van der Waals surface area (Å²) in [6, 6.07) is 0.890. The lowest BCUT2D eigenvalue weighted by atomic mass is 9.89. The fraction of sp³-hybridized carbons (Fsp3) is 0.643. The summed E-state index contributed by atoms with van der Waals surface area (Å²) in [6.45, 7) is 7.64. The normalized spacial score (nSPS) is 16.0. The van der Waals surface area contributed by atoms with Crippen molar-refractivity contribution in [2.24, 2.45) is 0 Å². The molecule has 1 aromatic heterocycles. The molecule has 114 valence electrons. The largest absolute Gasteiger partial charge is 0.416 e. The average molecular weight is 290 g/mol. The van der Waals surface area contributed by atoms with Crippen molar-refractivity contribution in [3.05, 3.63) is 29.6 Å². The van der Waals surface area contributed by atoms with Crippen molar-refractivity contribution >= 4 is 0 Å². The highest BCUT2D eigenvalue weighted by molar-refractivity contribution is 5.31. The molecule has 0 saturated heterocycles. The Morgan fingerprint density at radius 2 is 1.75 bits per heavy atom. The number of rotatable bonds is 4. The molecule has 0 aromatic carbocycles. The Morgan fingerprint density at radius 3 is 2.25 bits per heavy atom. The summed E-state index contributed by atoms with van der Waals surface area (Å²) in [5, 5.41) is 13.5. The maximum Gasteiger partial charge on any atom is 0.416 e. The van der Waals surface area contributed by atoms with Crippen molar-refractivity contribution in [2.45, 2.75) is 51.4 Å². The van der Waals surface area contributed by atoms with Gasteiger partial charge in [0.15, 0.2) is 0 Å². The molecule has 0 amide bonds. The number of hydrogen-bond acceptors (Lipinski definition) is 3. The number of nitrogens with zero attached hydrogens (tertiary/aromatic N) is 1. The number of aliphatic hydroxyl groups is 1. The fourth-order valence-corrected chi connectivity index (χ4v) is 1.89. The van der Waals surface area contributed by atoms with Gasteiger partial charge in [-0.2, -0.15) is 13.2 Å². The molecule has 0 aliphatic rings. The van der Waals surface area contributed by atoms with E-state index in [0.717, 1.165) is 18.5 Å². The second-order valence-corrected chi connectivity index (χ2v) is 6.12. The van der Waals surface area contributed by atoms with Crippen LogP contribution < -0.4 is 5.32 Å². The second kappa shape index (κ2) is 5.69. The van der Waals surface area contributed by atoms with Gasteiger partial charge in [-0.25, -0.2) is 0 Å². The van der Waals surface area contributed by atoms with Crippen molar-refractivity contribution < 1.29 is 18.3 Å². The highest BCUT2D eigenvalue weighted by atomic mass is 19.4. The van der Waals surface area contributed by atoms with Gasteiger partial charge in [0.1, 0.15) is 0 Å². The highest BCUT2D eigenvalue weighted by Crippen LogP contribution is 2.37. The second-order valence-electron chi connectivity index (χ2n) is 6.12. The Morgan fingerprint density at radius 1 is 1.15 bits per heavy atom. The van der Waals surface area contributed by atoms with Crippen LogP contribution in [-0.2, 0) is 11.8 Å². The van der Waals surface area contributed by atoms with Crippen LogP contribution in [0.2, 0.25) is 0 Å². The molecule has 0 saturated carbocycles. The molecule has 0 spiro atoms. The standard InChI is InChI=1S/C14H21F3N2O/c1-12(2,3)19-8-6-13(4,20)11-9-18-7-5-10(11)14(15,16)17/h5,7,9,19-20H,6,8H2,1-4H3. The van der Waals surface area contributed by atoms with Gasteiger partial charge in [0.05, 0.1) is 11.2 Å². The maximum absolute atomic E-state index is 12.9. The Kier molecular flexibility index (Phi) is 4.82. The molecule has 1 rings (SSSR count). The Labute approximate surface area is 117 Å². The number of hydrogen-bond donors (Lipinski definition) is 2. The van der Waals surface area contributed by atoms with E-state index >= 15 is 0 Å². The zero-order valence-electron chi connectivity index (χ0n) is 12.2. The molecular weight excluding hydrogens is 269 g/mol. The molecule has 0 aliphatic carbocycles. The SMILES string of the molecule is CC(C)(C)NCCC(C)(O)c1cnccc1C(F)(F)F. The first kappa shape index (κ1) is 16.9. The first-order valence-electron chi connectivity index (χ1n) is 6.42. The third-order valence-electron chi connectivity index (χ3n) is 2.97. The van der Waals surface area contributed by atoms with Gasteiger partial charge in [0, 0.05) is 23.5 Å². The van der Waals surface area contributed by atoms with Gasteiger partial charge < -0.3 is 10.4 Å². The van der Waals surface area contributed by atoms with E-state index < -0.39 is 17.3 Å². The smallest absolute Gasteiger partial charge is 0.385 e. The van der Waals surface area contributed by atoms with Crippen LogP contribution in [0.5, 0.6) is 0 Å². The van der Waals surface area contributed by atoms with Crippen LogP contribution in [0.1, 0.15) is 45.2 Å². The van der Waals surface area contributed by atoms with Crippen LogP contribution >= 0.6 is 0 Å². The Balaban J connectivity index is 2.93. The minimum absolute atomic E-state index is 0.155. The van der Waals surface area contributed by atoms with Gasteiger partial charge in [-0.1, -0.05) is 0 Å². The van der Waals surface area contributed by atoms with E-state index in [-0.39, 0.29) is 17.5 Å². The first-order valence-corrected chi connectivity index (χ1v) is 6.42. The average Bonchev–Trinajstić information content (AvgIpc) is 2.25. The van der Waals surface area contributed by atoms with Crippen LogP contribution in [0.15, 0.2) is 18.5 Å². The summed E-state index contributed by atoms with van der Waals surface area (Å²) in [5.41, 5.74) is -2.77. The van der Waals surface area contributed by atoms with Crippen molar-refractivity contribution in [1.29, 1.82) is 0 Å². The van der Waals surface area contributed by atoms with E-state index in [2.05, 4.69) is 10.3 Å². The number of halogens is 3. The third-order valence-corrected chi connectivity index (χ3v) is 2.97. The van der Waals surface area contributed by atoms with Crippen LogP contribution in [-0.4, -0.2) is 22.2 Å². The van der Waals surface area contributed by atoms with E-state index in [1.807, 2.05) is 20.8 Å². The van der Waals surface area contributed by atoms with Crippen LogP contribution in [0, 0.1) is 0 Å². The summed E-state index contributed by atoms with van der Waals surface area (Å²) in [7, 11) is 0. The molecular formula is C14H21F3N2O. The summed E-state index contributed by atoms with van der Waals surface area (Å²) >= 11 is 0. The van der Waals surface area contributed by atoms with Gasteiger partial charge in [-0.3, -0.25) is 4.98 Å². The van der Waals surface area contributed by atoms with Gasteiger partial charge >= 0.3 is 6.18 Å². The molecule has 6 heteroatoms. The molecule has 0 fully saturated rings. The van der Waals surface area contributed by atoms with Crippen LogP contribution in [0.3, 0.4) is 0 Å². The van der Waals surface area contributed by atoms with Crippen LogP contribution in [0.4, 0.5) is 13.2 Å². The molecule has 2 N–H and O–H groups in total. The van der Waals surface area contributed by atoms with Gasteiger partial charge in [-0.15, -0.1) is 0 Å². The molecule has 1 heterocycles. The maximum atomic E-state index is 12.9. The third kappa shape index (κ3) is 4.76. The zero-order valence-corrected chi connectivity index (χ0v) is 12.2. The lowest BCUT2D eigenvalue weighted by Crippen LogP contribution is -2.39. The minimum Gasteiger partial charge on any atom is -0.385 e. The van der Waals surface area contributed by atoms with Crippen molar-refractivity contribution in [2.75, 3.05) is 6.54 Å². The van der Waals surface area contributed by atoms with Crippen molar-refractivity contribution in [3.63, 3.8) is 0 Å². The number of pyridine rings is 1. The van der Waals surface area contributed by atoms with E-state index in [4.69, 9.17) is 0 Å². The van der Waals surface area contributed by atoms with Gasteiger partial charge in [0.2, 0.25) is 0 Å². The molecule has 20 heavy (non-hydrogen) atoms. The highest BCUT2D eigenvalue weighted by Gasteiger charge is 2.38. The molecule has 1 unspecified atom stereocenters. The van der Waals surface area contributed by atoms with Crippen molar-refractivity contribution in [1.82, 2.24) is 10.3 Å². The Bertz CT molecular complexity index is 450. The predicted octanol–water partition coefficient (Wildman–Crippen LogP) is 3.09. The molecule has 3 nitrogen and oxygen atoms in total. The van der Waals surface area contributed by atoms with Crippen LogP contribution in [0.25, 0.3) is 0 Å². The quantitative estimate of drug-likeness (QED) is 0.895. The number of aromatic nitrogens is 1. The van der Waals surface area contributed by atoms with E-state index in [1.54, 1.807) is 0 Å². The topological polar surface area (TPSA) is 45.1 Å². The molecule has 1 atom stereocenters. The summed E-state index contributed by atoms with van der Waals surface area (Å²) < 4.78 is 38.8. The number of alkyl halides is 3. The fourth-order valence-electron chi connectivity index (χ4n) is 1.89. The lowest BCUT2D eigenvalue weighted by Gasteiger charge is -2.29. The summed E-state index contributed by atoms with van der Waals surface area (Å²) in [4.78, 5) is 3.70. The molecule has 0 bridgehead atoms. The summed E-state index contributed by atoms with van der Waals surface area (Å²) in [6.07, 6.45) is -2.17. The lowest BCUT2D eigenvalue weighted by molar-refractivity contribution is -0.140. The monoisotopic (exact) mass is 290 g/mol. The minimum atomic E-state index is -4.50. The number of nitrogens with one attached hydrogen (secondary N) is 1. The van der Waals surface area contributed by atoms with Gasteiger partial charge in [-0.05, 0) is 46.7 Å². The molecule has 0 aliphatic heterocycles. The predicted molar refractivity (Wildman–Crippen MR) is 71.2 cm³/mol. The Hall–Kier alpha value is -1.14.